The molecule has 0 spiro atoms. The predicted octanol–water partition coefficient (Wildman–Crippen LogP) is 5.48. The van der Waals surface area contributed by atoms with Crippen LogP contribution in [0.25, 0.3) is 21.3 Å². The van der Waals surface area contributed by atoms with Crippen molar-refractivity contribution >= 4 is 54.7 Å². The molecule has 1 N–H and O–H groups in total. The summed E-state index contributed by atoms with van der Waals surface area (Å²) in [4.78, 5) is 11.0. The number of fused-ring (bicyclic) bond motifs is 1. The van der Waals surface area contributed by atoms with Gasteiger partial charge >= 0.3 is 0 Å². The van der Waals surface area contributed by atoms with Crippen LogP contribution < -0.4 is 10.1 Å². The normalized spacial score (nSPS) is 14.8. The van der Waals surface area contributed by atoms with E-state index in [9.17, 15) is 8.42 Å². The van der Waals surface area contributed by atoms with Gasteiger partial charge in [0.15, 0.2) is 0 Å². The number of nitrogens with one attached hydrogen (secondary N) is 1. The van der Waals surface area contributed by atoms with Crippen LogP contribution in [0, 0.1) is 6.92 Å². The number of morpholine rings is 1. The average Bonchev–Trinajstić information content (AvgIpc) is 3.23. The number of benzene rings is 2. The van der Waals surface area contributed by atoms with E-state index in [1.54, 1.807) is 23.5 Å². The molecule has 0 bridgehead atoms. The van der Waals surface area contributed by atoms with Gasteiger partial charge in [-0.05, 0) is 49.7 Å². The molecule has 2 aromatic carbocycles. The van der Waals surface area contributed by atoms with Crippen LogP contribution in [-0.2, 0) is 14.8 Å². The van der Waals surface area contributed by atoms with Gasteiger partial charge in [-0.25, -0.2) is 18.4 Å². The largest absolute Gasteiger partial charge is 0.494 e. The molecule has 36 heavy (non-hydrogen) atoms. The minimum Gasteiger partial charge on any atom is -0.494 e. The highest BCUT2D eigenvalue weighted by atomic mass is 35.5. The molecule has 0 unspecified atom stereocenters. The first-order valence-corrected chi connectivity index (χ1v) is 14.1. The van der Waals surface area contributed by atoms with Crippen LogP contribution >= 0.6 is 22.9 Å². The maximum atomic E-state index is 13.2. The zero-order chi connectivity index (χ0) is 25.3. The van der Waals surface area contributed by atoms with Crippen LogP contribution in [0.15, 0.2) is 53.7 Å². The van der Waals surface area contributed by atoms with E-state index in [0.29, 0.717) is 49.4 Å². The van der Waals surface area contributed by atoms with Crippen molar-refractivity contribution in [3.05, 3.63) is 58.7 Å². The van der Waals surface area contributed by atoms with Crippen molar-refractivity contribution in [1.82, 2.24) is 14.3 Å². The van der Waals surface area contributed by atoms with Gasteiger partial charge in [-0.15, -0.1) is 11.3 Å². The van der Waals surface area contributed by atoms with Crippen LogP contribution in [-0.4, -0.2) is 55.6 Å². The molecule has 1 fully saturated rings. The van der Waals surface area contributed by atoms with Crippen LogP contribution in [0.3, 0.4) is 0 Å². The van der Waals surface area contributed by atoms with Gasteiger partial charge in [0.05, 0.1) is 40.8 Å². The third kappa shape index (κ3) is 4.79. The van der Waals surface area contributed by atoms with Crippen molar-refractivity contribution < 1.29 is 17.9 Å². The van der Waals surface area contributed by atoms with Crippen molar-refractivity contribution in [3.8, 4) is 16.9 Å². The summed E-state index contributed by atoms with van der Waals surface area (Å²) in [5.41, 5.74) is 2.47. The summed E-state index contributed by atoms with van der Waals surface area (Å²) in [5.74, 6) is 1.36. The summed E-state index contributed by atoms with van der Waals surface area (Å²) in [6.45, 7) is 5.99. The highest BCUT2D eigenvalue weighted by Crippen LogP contribution is 2.42. The van der Waals surface area contributed by atoms with Gasteiger partial charge in [0, 0.05) is 23.5 Å². The number of rotatable bonds is 7. The Labute approximate surface area is 218 Å². The lowest BCUT2D eigenvalue weighted by molar-refractivity contribution is 0.0730. The molecule has 5 rings (SSSR count). The predicted molar refractivity (Wildman–Crippen MR) is 143 cm³/mol. The average molecular weight is 545 g/mol. The first-order chi connectivity index (χ1) is 17.4. The molecule has 0 saturated carbocycles. The maximum Gasteiger partial charge on any atom is 0.243 e. The van der Waals surface area contributed by atoms with E-state index in [4.69, 9.17) is 21.1 Å². The fourth-order valence-electron chi connectivity index (χ4n) is 4.20. The molecule has 2 aromatic heterocycles. The zero-order valence-electron chi connectivity index (χ0n) is 19.8. The van der Waals surface area contributed by atoms with Crippen LogP contribution in [0.5, 0.6) is 5.75 Å². The number of thiophene rings is 1. The van der Waals surface area contributed by atoms with E-state index in [0.717, 1.165) is 32.0 Å². The lowest BCUT2D eigenvalue weighted by Gasteiger charge is -2.26. The second-order valence-corrected chi connectivity index (χ2v) is 11.7. The van der Waals surface area contributed by atoms with E-state index >= 15 is 0 Å². The van der Waals surface area contributed by atoms with Gasteiger partial charge in [-0.1, -0.05) is 23.7 Å². The summed E-state index contributed by atoms with van der Waals surface area (Å²) < 4.78 is 38.7. The minimum atomic E-state index is -3.68. The fraction of sp³-hybridized carbons (Fsp3) is 0.280. The van der Waals surface area contributed by atoms with E-state index in [2.05, 4.69) is 15.3 Å². The Morgan fingerprint density at radius 1 is 1.14 bits per heavy atom. The zero-order valence-corrected chi connectivity index (χ0v) is 22.2. The van der Waals surface area contributed by atoms with Gasteiger partial charge < -0.3 is 14.8 Å². The Hall–Kier alpha value is -2.76. The molecule has 8 nitrogen and oxygen atoms in total. The van der Waals surface area contributed by atoms with Crippen molar-refractivity contribution in [1.29, 1.82) is 0 Å². The second-order valence-electron chi connectivity index (χ2n) is 8.18. The molecule has 0 radical (unpaired) electrons. The number of aromatic nitrogens is 2. The Balaban J connectivity index is 1.55. The Bertz CT molecular complexity index is 1500. The molecule has 1 aliphatic heterocycles. The summed E-state index contributed by atoms with van der Waals surface area (Å²) in [5, 5.41) is 4.51. The molecule has 11 heteroatoms. The molecule has 0 amide bonds. The van der Waals surface area contributed by atoms with Crippen molar-refractivity contribution in [2.24, 2.45) is 0 Å². The first kappa shape index (κ1) is 24.9. The van der Waals surface area contributed by atoms with E-state index in [1.165, 1.54) is 16.7 Å². The highest BCUT2D eigenvalue weighted by molar-refractivity contribution is 7.89. The number of aryl methyl sites for hydroxylation is 1. The Kier molecular flexibility index (Phi) is 7.14. The summed E-state index contributed by atoms with van der Waals surface area (Å²) in [6.07, 6.45) is 1.49. The van der Waals surface area contributed by atoms with E-state index < -0.39 is 10.0 Å². The number of nitrogens with zero attached hydrogens (tertiary/aromatic N) is 3. The Morgan fingerprint density at radius 2 is 1.89 bits per heavy atom. The second kappa shape index (κ2) is 10.3. The highest BCUT2D eigenvalue weighted by Gasteiger charge is 2.27. The van der Waals surface area contributed by atoms with E-state index in [1.807, 2.05) is 38.1 Å². The SMILES string of the molecule is CCOc1ccc(-c2c(C)sc3ncnc(Nc4cc(S(=O)(=O)N5CCOCC5)ccc4Cl)c23)cc1. The molecule has 188 valence electrons. The monoisotopic (exact) mass is 544 g/mol. The van der Waals surface area contributed by atoms with Gasteiger partial charge in [-0.2, -0.15) is 4.31 Å². The molecule has 0 aliphatic carbocycles. The summed E-state index contributed by atoms with van der Waals surface area (Å²) in [7, 11) is -3.68. The van der Waals surface area contributed by atoms with Gasteiger partial charge in [-0.3, -0.25) is 0 Å². The molecule has 3 heterocycles. The molecular formula is C25H25ClN4O4S2. The summed E-state index contributed by atoms with van der Waals surface area (Å²) in [6, 6.07) is 12.6. The number of hydrogen-bond acceptors (Lipinski definition) is 8. The summed E-state index contributed by atoms with van der Waals surface area (Å²) >= 11 is 8.07. The Morgan fingerprint density at radius 3 is 2.61 bits per heavy atom. The van der Waals surface area contributed by atoms with Gasteiger partial charge in [0.1, 0.15) is 22.7 Å². The van der Waals surface area contributed by atoms with Crippen LogP contribution in [0.2, 0.25) is 5.02 Å². The fourth-order valence-corrected chi connectivity index (χ4v) is 6.81. The standard InChI is InChI=1S/C25H25ClN4O4S2/c1-3-34-18-6-4-17(5-7-18)22-16(2)35-25-23(22)24(27-15-28-25)29-21-14-19(8-9-20(21)26)36(31,32)30-10-12-33-13-11-30/h4-9,14-15H,3,10-13H2,1-2H3,(H,27,28,29). The number of hydrogen-bond donors (Lipinski definition) is 1. The molecule has 1 saturated heterocycles. The lowest BCUT2D eigenvalue weighted by atomic mass is 10.0. The van der Waals surface area contributed by atoms with Gasteiger partial charge in [0.2, 0.25) is 10.0 Å². The minimum absolute atomic E-state index is 0.162. The molecular weight excluding hydrogens is 520 g/mol. The molecule has 1 aliphatic rings. The van der Waals surface area contributed by atoms with Crippen molar-refractivity contribution in [2.45, 2.75) is 18.7 Å². The number of halogens is 1. The third-order valence-corrected chi connectivity index (χ3v) is 9.15. The maximum absolute atomic E-state index is 13.2. The quantitative estimate of drug-likeness (QED) is 0.329. The lowest BCUT2D eigenvalue weighted by Crippen LogP contribution is -2.40. The third-order valence-electron chi connectivity index (χ3n) is 5.92. The van der Waals surface area contributed by atoms with Crippen LogP contribution in [0.1, 0.15) is 11.8 Å². The van der Waals surface area contributed by atoms with E-state index in [-0.39, 0.29) is 4.90 Å². The number of sulfonamides is 1. The number of ether oxygens (including phenoxy) is 2. The van der Waals surface area contributed by atoms with Crippen molar-refractivity contribution in [3.63, 3.8) is 0 Å². The smallest absolute Gasteiger partial charge is 0.243 e. The first-order valence-electron chi connectivity index (χ1n) is 11.5. The van der Waals surface area contributed by atoms with Gasteiger partial charge in [0.25, 0.3) is 0 Å². The van der Waals surface area contributed by atoms with Crippen molar-refractivity contribution in [2.75, 3.05) is 38.2 Å². The molecule has 4 aromatic rings. The van der Waals surface area contributed by atoms with Crippen LogP contribution in [0.4, 0.5) is 11.5 Å². The molecule has 0 atom stereocenters. The number of anilines is 2. The topological polar surface area (TPSA) is 93.7 Å².